The molecule has 18 heavy (non-hydrogen) atoms. The first kappa shape index (κ1) is 12.5. The fraction of sp³-hybridized carbons (Fsp3) is 0.167. The van der Waals surface area contributed by atoms with Gasteiger partial charge < -0.3 is 5.11 Å². The van der Waals surface area contributed by atoms with Crippen LogP contribution in [-0.4, -0.2) is 15.6 Å². The predicted octanol–water partition coefficient (Wildman–Crippen LogP) is 2.19. The summed E-state index contributed by atoms with van der Waals surface area (Å²) in [4.78, 5) is 21.9. The van der Waals surface area contributed by atoms with E-state index in [9.17, 15) is 14.0 Å². The molecular formula is C12H10FNO3S. The smallest absolute Gasteiger partial charge is 0.307 e. The van der Waals surface area contributed by atoms with Crippen molar-refractivity contribution in [2.24, 2.45) is 0 Å². The second kappa shape index (κ2) is 5.14. The Kier molecular flexibility index (Phi) is 3.57. The Morgan fingerprint density at radius 1 is 1.44 bits per heavy atom. The quantitative estimate of drug-likeness (QED) is 0.923. The normalized spacial score (nSPS) is 10.5. The molecule has 2 rings (SSSR count). The third-order valence-electron chi connectivity index (χ3n) is 2.45. The van der Waals surface area contributed by atoms with Crippen LogP contribution in [0.25, 0.3) is 11.3 Å². The van der Waals surface area contributed by atoms with Crippen molar-refractivity contribution < 1.29 is 14.3 Å². The Balaban J connectivity index is 2.39. The molecule has 0 spiro atoms. The van der Waals surface area contributed by atoms with E-state index in [1.807, 2.05) is 0 Å². The van der Waals surface area contributed by atoms with Crippen LogP contribution in [0, 0.1) is 5.82 Å². The molecule has 0 aliphatic rings. The fourth-order valence-corrected chi connectivity index (χ4v) is 2.42. The van der Waals surface area contributed by atoms with Gasteiger partial charge in [-0.15, -0.1) is 0 Å². The van der Waals surface area contributed by atoms with E-state index in [1.165, 1.54) is 16.7 Å². The summed E-state index contributed by atoms with van der Waals surface area (Å²) in [5.41, 5.74) is 1.12. The average molecular weight is 267 g/mol. The van der Waals surface area contributed by atoms with E-state index in [0.29, 0.717) is 11.3 Å². The monoisotopic (exact) mass is 267 g/mol. The van der Waals surface area contributed by atoms with Crippen LogP contribution in [0.5, 0.6) is 0 Å². The van der Waals surface area contributed by atoms with Crippen LogP contribution in [0.2, 0.25) is 0 Å². The minimum atomic E-state index is -0.974. The van der Waals surface area contributed by atoms with Gasteiger partial charge in [0.25, 0.3) is 0 Å². The second-order valence-corrected chi connectivity index (χ2v) is 4.51. The van der Waals surface area contributed by atoms with Gasteiger partial charge in [-0.3, -0.25) is 14.2 Å². The molecule has 2 aromatic rings. The topological polar surface area (TPSA) is 59.3 Å². The van der Waals surface area contributed by atoms with E-state index in [4.69, 9.17) is 5.11 Å². The van der Waals surface area contributed by atoms with Gasteiger partial charge in [-0.05, 0) is 12.1 Å². The minimum absolute atomic E-state index is 0.0868. The number of hydrogen-bond donors (Lipinski definition) is 1. The molecule has 0 saturated heterocycles. The number of benzene rings is 1. The summed E-state index contributed by atoms with van der Waals surface area (Å²) in [6.07, 6.45) is -0.140. The second-order valence-electron chi connectivity index (χ2n) is 3.69. The molecule has 1 N–H and O–H groups in total. The maximum absolute atomic E-state index is 13.1. The highest BCUT2D eigenvalue weighted by Gasteiger charge is 2.10. The molecule has 0 radical (unpaired) electrons. The number of thiazole rings is 1. The molecule has 1 aromatic heterocycles. The van der Waals surface area contributed by atoms with Crippen LogP contribution in [-0.2, 0) is 11.3 Å². The Labute approximate surface area is 106 Å². The zero-order valence-corrected chi connectivity index (χ0v) is 10.1. The number of aromatic nitrogens is 1. The highest BCUT2D eigenvalue weighted by molar-refractivity contribution is 7.07. The lowest BCUT2D eigenvalue weighted by atomic mass is 10.1. The van der Waals surface area contributed by atoms with Crippen LogP contribution in [0.4, 0.5) is 4.39 Å². The zero-order chi connectivity index (χ0) is 13.1. The van der Waals surface area contributed by atoms with Crippen molar-refractivity contribution in [3.8, 4) is 11.3 Å². The summed E-state index contributed by atoms with van der Waals surface area (Å²) in [5, 5.41) is 10.2. The third kappa shape index (κ3) is 2.65. The van der Waals surface area contributed by atoms with Crippen LogP contribution in [0.15, 0.2) is 34.4 Å². The Morgan fingerprint density at radius 2 is 2.22 bits per heavy atom. The van der Waals surface area contributed by atoms with Crippen molar-refractivity contribution in [2.45, 2.75) is 13.0 Å². The first-order valence-electron chi connectivity index (χ1n) is 5.24. The largest absolute Gasteiger partial charge is 0.481 e. The summed E-state index contributed by atoms with van der Waals surface area (Å²) < 4.78 is 14.5. The summed E-state index contributed by atoms with van der Waals surface area (Å²) in [6.45, 7) is 0.0868. The van der Waals surface area contributed by atoms with Crippen molar-refractivity contribution in [3.05, 3.63) is 45.1 Å². The molecular weight excluding hydrogens is 257 g/mol. The molecule has 1 heterocycles. The molecule has 6 heteroatoms. The lowest BCUT2D eigenvalue weighted by molar-refractivity contribution is -0.137. The molecule has 0 fully saturated rings. The highest BCUT2D eigenvalue weighted by Crippen LogP contribution is 2.21. The van der Waals surface area contributed by atoms with Crippen molar-refractivity contribution >= 4 is 17.3 Å². The maximum Gasteiger partial charge on any atom is 0.307 e. The molecule has 0 unspecified atom stereocenters. The van der Waals surface area contributed by atoms with Gasteiger partial charge in [0.05, 0.1) is 12.1 Å². The van der Waals surface area contributed by atoms with Gasteiger partial charge in [0.2, 0.25) is 0 Å². The van der Waals surface area contributed by atoms with Crippen molar-refractivity contribution in [3.63, 3.8) is 0 Å². The average Bonchev–Trinajstić information content (AvgIpc) is 2.68. The highest BCUT2D eigenvalue weighted by atomic mass is 32.1. The molecule has 0 aliphatic heterocycles. The number of hydrogen-bond acceptors (Lipinski definition) is 3. The maximum atomic E-state index is 13.1. The van der Waals surface area contributed by atoms with Crippen LogP contribution in [0.3, 0.4) is 0 Å². The predicted molar refractivity (Wildman–Crippen MR) is 66.2 cm³/mol. The third-order valence-corrected chi connectivity index (χ3v) is 3.22. The number of aliphatic carboxylic acids is 1. The standard InChI is InChI=1S/C12H10FNO3S/c13-9-3-1-2-8(6-9)10-7-18-12(17)14(10)5-4-11(15)16/h1-3,6-7H,4-5H2,(H,15,16). The van der Waals surface area contributed by atoms with Gasteiger partial charge in [-0.1, -0.05) is 23.5 Å². The SMILES string of the molecule is O=C(O)CCn1c(-c2cccc(F)c2)csc1=O. The zero-order valence-electron chi connectivity index (χ0n) is 9.30. The van der Waals surface area contributed by atoms with E-state index in [0.717, 1.165) is 11.3 Å². The van der Waals surface area contributed by atoms with Gasteiger partial charge in [-0.2, -0.15) is 0 Å². The number of carbonyl (C=O) groups is 1. The van der Waals surface area contributed by atoms with Gasteiger partial charge in [-0.25, -0.2) is 4.39 Å². The van der Waals surface area contributed by atoms with E-state index < -0.39 is 11.8 Å². The number of carboxylic acid groups (broad SMARTS) is 1. The first-order valence-corrected chi connectivity index (χ1v) is 6.12. The molecule has 4 nitrogen and oxygen atoms in total. The van der Waals surface area contributed by atoms with Crippen LogP contribution in [0.1, 0.15) is 6.42 Å². The van der Waals surface area contributed by atoms with Crippen molar-refractivity contribution in [2.75, 3.05) is 0 Å². The number of rotatable bonds is 4. The molecule has 94 valence electrons. The van der Waals surface area contributed by atoms with Gasteiger partial charge in [0.15, 0.2) is 0 Å². The summed E-state index contributed by atoms with van der Waals surface area (Å²) in [7, 11) is 0. The molecule has 0 saturated carbocycles. The summed E-state index contributed by atoms with van der Waals surface area (Å²) >= 11 is 0.975. The summed E-state index contributed by atoms with van der Waals surface area (Å²) in [6, 6.07) is 5.87. The molecule has 1 aromatic carbocycles. The van der Waals surface area contributed by atoms with E-state index >= 15 is 0 Å². The Morgan fingerprint density at radius 3 is 2.89 bits per heavy atom. The molecule has 0 amide bonds. The van der Waals surface area contributed by atoms with E-state index in [2.05, 4.69) is 0 Å². The number of nitrogens with zero attached hydrogens (tertiary/aromatic N) is 1. The lowest BCUT2D eigenvalue weighted by Crippen LogP contribution is -2.16. The van der Waals surface area contributed by atoms with E-state index in [-0.39, 0.29) is 17.8 Å². The van der Waals surface area contributed by atoms with Crippen LogP contribution >= 0.6 is 11.3 Å². The first-order chi connectivity index (χ1) is 8.58. The van der Waals surface area contributed by atoms with Gasteiger partial charge >= 0.3 is 10.8 Å². The lowest BCUT2D eigenvalue weighted by Gasteiger charge is -2.06. The van der Waals surface area contributed by atoms with Gasteiger partial charge in [0, 0.05) is 17.5 Å². The Bertz CT molecular complexity index is 632. The number of carboxylic acids is 1. The minimum Gasteiger partial charge on any atom is -0.481 e. The Hall–Kier alpha value is -1.95. The number of halogens is 1. The molecule has 0 atom stereocenters. The van der Waals surface area contributed by atoms with Crippen molar-refractivity contribution in [1.29, 1.82) is 0 Å². The van der Waals surface area contributed by atoms with Crippen LogP contribution < -0.4 is 4.87 Å². The van der Waals surface area contributed by atoms with E-state index in [1.54, 1.807) is 17.5 Å². The molecule has 0 aliphatic carbocycles. The van der Waals surface area contributed by atoms with Gasteiger partial charge in [0.1, 0.15) is 5.82 Å². The molecule has 0 bridgehead atoms. The van der Waals surface area contributed by atoms with Crippen molar-refractivity contribution in [1.82, 2.24) is 4.57 Å². The summed E-state index contributed by atoms with van der Waals surface area (Å²) in [5.74, 6) is -1.37. The fourth-order valence-electron chi connectivity index (χ4n) is 1.62.